The first-order valence-electron chi connectivity index (χ1n) is 5.30. The number of aromatic nitrogens is 2. The predicted molar refractivity (Wildman–Crippen MR) is 73.4 cm³/mol. The number of halogens is 2. The summed E-state index contributed by atoms with van der Waals surface area (Å²) in [6.07, 6.45) is 1.31. The zero-order valence-corrected chi connectivity index (χ0v) is 11.3. The van der Waals surface area contributed by atoms with Crippen molar-refractivity contribution in [1.29, 1.82) is 0 Å². The first-order valence-corrected chi connectivity index (χ1v) is 6.06. The van der Waals surface area contributed by atoms with Crippen molar-refractivity contribution in [3.05, 3.63) is 52.0 Å². The lowest BCUT2D eigenvalue weighted by atomic mass is 10.2. The Bertz CT molecular complexity index is 691. The van der Waals surface area contributed by atoms with Crippen molar-refractivity contribution >= 4 is 40.8 Å². The van der Waals surface area contributed by atoms with Gasteiger partial charge >= 0.3 is 5.97 Å². The lowest BCUT2D eigenvalue weighted by molar-refractivity contribution is 0.0692. The van der Waals surface area contributed by atoms with Crippen LogP contribution < -0.4 is 5.32 Å². The number of amides is 1. The van der Waals surface area contributed by atoms with Crippen LogP contribution in [0.3, 0.4) is 0 Å². The molecule has 0 radical (unpaired) electrons. The molecule has 2 N–H and O–H groups in total. The highest BCUT2D eigenvalue weighted by Crippen LogP contribution is 2.19. The van der Waals surface area contributed by atoms with Gasteiger partial charge in [-0.25, -0.2) is 14.8 Å². The van der Waals surface area contributed by atoms with Crippen molar-refractivity contribution < 1.29 is 14.7 Å². The van der Waals surface area contributed by atoms with E-state index in [-0.39, 0.29) is 27.3 Å². The summed E-state index contributed by atoms with van der Waals surface area (Å²) in [5, 5.41) is 11.6. The van der Waals surface area contributed by atoms with Crippen LogP contribution in [-0.2, 0) is 0 Å². The minimum atomic E-state index is -1.26. The molecule has 0 aliphatic heterocycles. The molecule has 0 aliphatic rings. The SMILES string of the molecule is O=C(Nc1cccnc1C(=O)O)c1nc(Cl)ccc1Cl. The Balaban J connectivity index is 2.33. The van der Waals surface area contributed by atoms with E-state index in [2.05, 4.69) is 15.3 Å². The maximum Gasteiger partial charge on any atom is 0.356 e. The van der Waals surface area contributed by atoms with E-state index in [1.807, 2.05) is 0 Å². The third kappa shape index (κ3) is 3.04. The molecule has 0 bridgehead atoms. The fourth-order valence-corrected chi connectivity index (χ4v) is 1.77. The zero-order valence-electron chi connectivity index (χ0n) is 9.80. The third-order valence-electron chi connectivity index (χ3n) is 2.29. The van der Waals surface area contributed by atoms with Crippen LogP contribution in [0.25, 0.3) is 0 Å². The number of carbonyl (C=O) groups excluding carboxylic acids is 1. The van der Waals surface area contributed by atoms with Gasteiger partial charge in [0.25, 0.3) is 5.91 Å². The van der Waals surface area contributed by atoms with E-state index < -0.39 is 11.9 Å². The van der Waals surface area contributed by atoms with Crippen molar-refractivity contribution in [2.75, 3.05) is 5.32 Å². The molecule has 0 aromatic carbocycles. The molecule has 2 rings (SSSR count). The van der Waals surface area contributed by atoms with Crippen LogP contribution in [0.5, 0.6) is 0 Å². The van der Waals surface area contributed by atoms with E-state index in [4.69, 9.17) is 28.3 Å². The van der Waals surface area contributed by atoms with Gasteiger partial charge in [-0.3, -0.25) is 4.79 Å². The van der Waals surface area contributed by atoms with Gasteiger partial charge in [-0.15, -0.1) is 0 Å². The third-order valence-corrected chi connectivity index (χ3v) is 2.80. The van der Waals surface area contributed by atoms with E-state index in [9.17, 15) is 9.59 Å². The molecule has 0 aliphatic carbocycles. The number of nitrogens with one attached hydrogen (secondary N) is 1. The molecule has 2 heterocycles. The zero-order chi connectivity index (χ0) is 14.7. The number of hydrogen-bond donors (Lipinski definition) is 2. The molecule has 0 unspecified atom stereocenters. The first-order chi connectivity index (χ1) is 9.49. The maximum absolute atomic E-state index is 12.0. The fourth-order valence-electron chi connectivity index (χ4n) is 1.44. The van der Waals surface area contributed by atoms with Crippen molar-refractivity contribution in [2.45, 2.75) is 0 Å². The van der Waals surface area contributed by atoms with Crippen LogP contribution in [0.4, 0.5) is 5.69 Å². The summed E-state index contributed by atoms with van der Waals surface area (Å²) in [5.41, 5.74) is -0.332. The molecular weight excluding hydrogens is 305 g/mol. The first kappa shape index (κ1) is 14.2. The van der Waals surface area contributed by atoms with Gasteiger partial charge in [-0.2, -0.15) is 0 Å². The van der Waals surface area contributed by atoms with Crippen molar-refractivity contribution in [3.8, 4) is 0 Å². The van der Waals surface area contributed by atoms with Crippen LogP contribution in [-0.4, -0.2) is 27.0 Å². The lowest BCUT2D eigenvalue weighted by Gasteiger charge is -2.08. The average Bonchev–Trinajstić information content (AvgIpc) is 2.41. The normalized spacial score (nSPS) is 10.1. The summed E-state index contributed by atoms with van der Waals surface area (Å²) < 4.78 is 0. The molecule has 2 aromatic heterocycles. The van der Waals surface area contributed by atoms with Crippen LogP contribution in [0.2, 0.25) is 10.2 Å². The number of carboxylic acids is 1. The van der Waals surface area contributed by atoms with Crippen molar-refractivity contribution in [3.63, 3.8) is 0 Å². The molecule has 0 atom stereocenters. The summed E-state index contributed by atoms with van der Waals surface area (Å²) in [7, 11) is 0. The fraction of sp³-hybridized carbons (Fsp3) is 0. The van der Waals surface area contributed by atoms with Gasteiger partial charge in [0.05, 0.1) is 10.7 Å². The summed E-state index contributed by atoms with van der Waals surface area (Å²) in [6, 6.07) is 5.77. The maximum atomic E-state index is 12.0. The highest BCUT2D eigenvalue weighted by atomic mass is 35.5. The Morgan fingerprint density at radius 2 is 1.90 bits per heavy atom. The topological polar surface area (TPSA) is 92.2 Å². The van der Waals surface area contributed by atoms with E-state index >= 15 is 0 Å². The largest absolute Gasteiger partial charge is 0.476 e. The quantitative estimate of drug-likeness (QED) is 0.850. The van der Waals surface area contributed by atoms with Crippen molar-refractivity contribution in [2.24, 2.45) is 0 Å². The average molecular weight is 312 g/mol. The molecule has 20 heavy (non-hydrogen) atoms. The number of aromatic carboxylic acids is 1. The molecule has 0 saturated carbocycles. The number of pyridine rings is 2. The monoisotopic (exact) mass is 311 g/mol. The predicted octanol–water partition coefficient (Wildman–Crippen LogP) is 2.73. The Morgan fingerprint density at radius 3 is 2.60 bits per heavy atom. The van der Waals surface area contributed by atoms with E-state index in [1.165, 1.54) is 30.5 Å². The molecule has 1 amide bonds. The highest BCUT2D eigenvalue weighted by Gasteiger charge is 2.17. The minimum absolute atomic E-state index is 0.0443. The van der Waals surface area contributed by atoms with Crippen LogP contribution >= 0.6 is 23.2 Å². The Kier molecular flexibility index (Phi) is 4.16. The number of carbonyl (C=O) groups is 2. The number of hydrogen-bond acceptors (Lipinski definition) is 4. The second-order valence-corrected chi connectivity index (χ2v) is 4.42. The number of rotatable bonds is 3. The van der Waals surface area contributed by atoms with Gasteiger partial charge in [0.2, 0.25) is 0 Å². The van der Waals surface area contributed by atoms with Gasteiger partial charge in [0, 0.05) is 6.20 Å². The Morgan fingerprint density at radius 1 is 1.15 bits per heavy atom. The van der Waals surface area contributed by atoms with E-state index in [0.717, 1.165) is 0 Å². The summed E-state index contributed by atoms with van der Waals surface area (Å²) >= 11 is 11.5. The van der Waals surface area contributed by atoms with Crippen molar-refractivity contribution in [1.82, 2.24) is 9.97 Å². The molecule has 6 nitrogen and oxygen atoms in total. The molecule has 2 aromatic rings. The van der Waals surface area contributed by atoms with Crippen LogP contribution in [0.15, 0.2) is 30.5 Å². The van der Waals surface area contributed by atoms with Gasteiger partial charge in [-0.05, 0) is 24.3 Å². The standard InChI is InChI=1S/C12H7Cl2N3O3/c13-6-3-4-8(14)17-9(6)11(18)16-7-2-1-5-15-10(7)12(19)20/h1-5H,(H,16,18)(H,19,20). The summed E-state index contributed by atoms with van der Waals surface area (Å²) in [4.78, 5) is 30.5. The Labute approximate surface area is 123 Å². The van der Waals surface area contributed by atoms with Crippen LogP contribution in [0, 0.1) is 0 Å². The molecule has 0 spiro atoms. The second-order valence-electron chi connectivity index (χ2n) is 3.62. The Hall–Kier alpha value is -2.18. The van der Waals surface area contributed by atoms with Crippen LogP contribution in [0.1, 0.15) is 21.0 Å². The summed E-state index contributed by atoms with van der Waals surface area (Å²) in [6.45, 7) is 0. The highest BCUT2D eigenvalue weighted by molar-refractivity contribution is 6.35. The van der Waals surface area contributed by atoms with E-state index in [0.29, 0.717) is 0 Å². The van der Waals surface area contributed by atoms with Gasteiger partial charge in [0.15, 0.2) is 5.69 Å². The van der Waals surface area contributed by atoms with Gasteiger partial charge < -0.3 is 10.4 Å². The minimum Gasteiger partial charge on any atom is -0.476 e. The van der Waals surface area contributed by atoms with Gasteiger partial charge in [-0.1, -0.05) is 23.2 Å². The number of nitrogens with zero attached hydrogens (tertiary/aromatic N) is 2. The molecule has 102 valence electrons. The number of anilines is 1. The van der Waals surface area contributed by atoms with Gasteiger partial charge in [0.1, 0.15) is 10.8 Å². The molecule has 0 saturated heterocycles. The smallest absolute Gasteiger partial charge is 0.356 e. The lowest BCUT2D eigenvalue weighted by Crippen LogP contribution is -2.17. The second kappa shape index (κ2) is 5.85. The summed E-state index contributed by atoms with van der Waals surface area (Å²) in [5.74, 6) is -1.93. The van der Waals surface area contributed by atoms with E-state index in [1.54, 1.807) is 0 Å². The number of carboxylic acid groups (broad SMARTS) is 1. The molecular formula is C12H7Cl2N3O3. The molecule has 8 heteroatoms. The molecule has 0 fully saturated rings.